The summed E-state index contributed by atoms with van der Waals surface area (Å²) in [5.74, 6) is 0. The highest BCUT2D eigenvalue weighted by Gasteiger charge is 2.24. The highest BCUT2D eigenvalue weighted by molar-refractivity contribution is 7.07. The molecule has 2 amide bonds. The molecule has 0 saturated carbocycles. The molecule has 0 radical (unpaired) electrons. The molecule has 0 aliphatic carbocycles. The Morgan fingerprint density at radius 3 is 2.83 bits per heavy atom. The van der Waals surface area contributed by atoms with Crippen molar-refractivity contribution >= 4 is 17.4 Å². The molecule has 1 saturated heterocycles. The van der Waals surface area contributed by atoms with Crippen LogP contribution in [0, 0.1) is 0 Å². The minimum atomic E-state index is 0.0433. The van der Waals surface area contributed by atoms with E-state index in [0.29, 0.717) is 12.6 Å². The van der Waals surface area contributed by atoms with Crippen LogP contribution in [0.1, 0.15) is 24.1 Å². The molecule has 0 spiro atoms. The summed E-state index contributed by atoms with van der Waals surface area (Å²) in [5.41, 5.74) is 2.52. The summed E-state index contributed by atoms with van der Waals surface area (Å²) >= 11 is 1.74. The van der Waals surface area contributed by atoms with E-state index < -0.39 is 0 Å². The minimum Gasteiger partial charge on any atom is -0.338 e. The molecule has 128 valence electrons. The highest BCUT2D eigenvalue weighted by atomic mass is 32.1. The van der Waals surface area contributed by atoms with Gasteiger partial charge in [-0.25, -0.2) is 4.79 Å². The molecular weight excluding hydrogens is 320 g/mol. The average molecular weight is 344 g/mol. The summed E-state index contributed by atoms with van der Waals surface area (Å²) in [6, 6.07) is 6.61. The number of pyridine rings is 1. The van der Waals surface area contributed by atoms with Gasteiger partial charge in [-0.15, -0.1) is 0 Å². The zero-order valence-corrected chi connectivity index (χ0v) is 14.8. The number of nitrogens with zero attached hydrogens (tertiary/aromatic N) is 3. The molecular formula is C18H24N4OS. The monoisotopic (exact) mass is 344 g/mol. The summed E-state index contributed by atoms with van der Waals surface area (Å²) in [6.07, 6.45) is 4.42. The van der Waals surface area contributed by atoms with Crippen LogP contribution in [0.4, 0.5) is 4.79 Å². The molecule has 2 aromatic heterocycles. The number of thiophene rings is 1. The van der Waals surface area contributed by atoms with E-state index in [0.717, 1.165) is 38.2 Å². The number of piperazine rings is 1. The first-order chi connectivity index (χ1) is 11.7. The molecule has 1 aliphatic heterocycles. The number of urea groups is 1. The summed E-state index contributed by atoms with van der Waals surface area (Å²) in [6.45, 7) is 6.31. The summed E-state index contributed by atoms with van der Waals surface area (Å²) in [4.78, 5) is 20.7. The van der Waals surface area contributed by atoms with Crippen molar-refractivity contribution in [2.24, 2.45) is 0 Å². The predicted molar refractivity (Wildman–Crippen MR) is 97.2 cm³/mol. The molecule has 24 heavy (non-hydrogen) atoms. The van der Waals surface area contributed by atoms with Gasteiger partial charge in [-0.3, -0.25) is 9.88 Å². The second kappa shape index (κ2) is 8.26. The number of nitrogens with one attached hydrogen (secondary N) is 1. The zero-order valence-electron chi connectivity index (χ0n) is 14.0. The Balaban J connectivity index is 1.40. The Kier molecular flexibility index (Phi) is 5.82. The van der Waals surface area contributed by atoms with Gasteiger partial charge in [0, 0.05) is 51.2 Å². The van der Waals surface area contributed by atoms with Crippen molar-refractivity contribution in [3.8, 4) is 0 Å². The predicted octanol–water partition coefficient (Wildman–Crippen LogP) is 2.77. The molecule has 0 bridgehead atoms. The van der Waals surface area contributed by atoms with E-state index in [4.69, 9.17) is 0 Å². The van der Waals surface area contributed by atoms with E-state index in [1.807, 2.05) is 23.2 Å². The lowest BCUT2D eigenvalue weighted by atomic mass is 10.1. The zero-order chi connectivity index (χ0) is 16.8. The summed E-state index contributed by atoms with van der Waals surface area (Å²) in [7, 11) is 0. The maximum absolute atomic E-state index is 12.3. The van der Waals surface area contributed by atoms with E-state index in [1.165, 1.54) is 5.56 Å². The van der Waals surface area contributed by atoms with Gasteiger partial charge in [-0.1, -0.05) is 6.07 Å². The number of carbonyl (C=O) groups excluding carboxylic acids is 1. The number of hydrogen-bond acceptors (Lipinski definition) is 4. The lowest BCUT2D eigenvalue weighted by molar-refractivity contribution is 0.114. The SMILES string of the molecule is C[C@@H](c1ccsc1)N1CCN(C(=O)NCCc2cccnc2)CC1. The third-order valence-electron chi connectivity index (χ3n) is 4.59. The van der Waals surface area contributed by atoms with Crippen LogP contribution >= 0.6 is 11.3 Å². The second-order valence-electron chi connectivity index (χ2n) is 6.10. The fourth-order valence-corrected chi connectivity index (χ4v) is 3.75. The fraction of sp³-hybridized carbons (Fsp3) is 0.444. The van der Waals surface area contributed by atoms with Crippen molar-refractivity contribution in [1.29, 1.82) is 0 Å². The average Bonchev–Trinajstić information content (AvgIpc) is 3.17. The van der Waals surface area contributed by atoms with Gasteiger partial charge in [-0.2, -0.15) is 11.3 Å². The van der Waals surface area contributed by atoms with Gasteiger partial charge < -0.3 is 10.2 Å². The Morgan fingerprint density at radius 1 is 1.33 bits per heavy atom. The maximum atomic E-state index is 12.3. The van der Waals surface area contributed by atoms with Crippen LogP contribution in [0.5, 0.6) is 0 Å². The topological polar surface area (TPSA) is 48.5 Å². The third-order valence-corrected chi connectivity index (χ3v) is 5.29. The van der Waals surface area contributed by atoms with Crippen LogP contribution < -0.4 is 5.32 Å². The highest BCUT2D eigenvalue weighted by Crippen LogP contribution is 2.23. The molecule has 3 heterocycles. The van der Waals surface area contributed by atoms with Crippen molar-refractivity contribution in [3.05, 3.63) is 52.5 Å². The van der Waals surface area contributed by atoms with E-state index in [2.05, 4.69) is 39.0 Å². The second-order valence-corrected chi connectivity index (χ2v) is 6.88. The molecule has 2 aromatic rings. The van der Waals surface area contributed by atoms with Crippen molar-refractivity contribution in [2.75, 3.05) is 32.7 Å². The Morgan fingerprint density at radius 2 is 2.17 bits per heavy atom. The van der Waals surface area contributed by atoms with Crippen LogP contribution in [-0.4, -0.2) is 53.5 Å². The number of hydrogen-bond donors (Lipinski definition) is 1. The van der Waals surface area contributed by atoms with Gasteiger partial charge in [0.05, 0.1) is 0 Å². The Hall–Kier alpha value is -1.92. The molecule has 1 aliphatic rings. The van der Waals surface area contributed by atoms with E-state index in [9.17, 15) is 4.79 Å². The molecule has 1 N–H and O–H groups in total. The first-order valence-electron chi connectivity index (χ1n) is 8.42. The van der Waals surface area contributed by atoms with E-state index in [1.54, 1.807) is 17.5 Å². The molecule has 0 unspecified atom stereocenters. The molecule has 5 nitrogen and oxygen atoms in total. The van der Waals surface area contributed by atoms with E-state index >= 15 is 0 Å². The van der Waals surface area contributed by atoms with Crippen LogP contribution in [0.25, 0.3) is 0 Å². The standard InChI is InChI=1S/C18H24N4OS/c1-15(17-5-12-24-14-17)21-8-10-22(11-9-21)18(23)20-7-4-16-3-2-6-19-13-16/h2-3,5-6,12-15H,4,7-11H2,1H3,(H,20,23)/t15-/m0/s1. The number of rotatable bonds is 5. The Bertz CT molecular complexity index is 624. The first kappa shape index (κ1) is 16.9. The van der Waals surface area contributed by atoms with Crippen LogP contribution in [0.15, 0.2) is 41.4 Å². The molecule has 1 atom stereocenters. The first-order valence-corrected chi connectivity index (χ1v) is 9.36. The van der Waals surface area contributed by atoms with Gasteiger partial charge in [-0.05, 0) is 47.4 Å². The van der Waals surface area contributed by atoms with Crippen molar-refractivity contribution in [2.45, 2.75) is 19.4 Å². The molecule has 6 heteroatoms. The third kappa shape index (κ3) is 4.33. The quantitative estimate of drug-likeness (QED) is 0.907. The lowest BCUT2D eigenvalue weighted by Crippen LogP contribution is -2.52. The summed E-state index contributed by atoms with van der Waals surface area (Å²) < 4.78 is 0. The normalized spacial score (nSPS) is 16.8. The smallest absolute Gasteiger partial charge is 0.317 e. The van der Waals surface area contributed by atoms with Crippen molar-refractivity contribution in [1.82, 2.24) is 20.1 Å². The van der Waals surface area contributed by atoms with Gasteiger partial charge in [0.15, 0.2) is 0 Å². The number of amides is 2. The van der Waals surface area contributed by atoms with Gasteiger partial charge in [0.2, 0.25) is 0 Å². The minimum absolute atomic E-state index is 0.0433. The van der Waals surface area contributed by atoms with Gasteiger partial charge in [0.25, 0.3) is 0 Å². The fourth-order valence-electron chi connectivity index (χ4n) is 3.01. The van der Waals surface area contributed by atoms with E-state index in [-0.39, 0.29) is 6.03 Å². The molecule has 3 rings (SSSR count). The van der Waals surface area contributed by atoms with Crippen molar-refractivity contribution < 1.29 is 4.79 Å². The summed E-state index contributed by atoms with van der Waals surface area (Å²) in [5, 5.41) is 7.35. The Labute approximate surface area is 147 Å². The molecule has 0 aromatic carbocycles. The van der Waals surface area contributed by atoms with Gasteiger partial charge >= 0.3 is 6.03 Å². The largest absolute Gasteiger partial charge is 0.338 e. The number of carbonyl (C=O) groups is 1. The maximum Gasteiger partial charge on any atom is 0.317 e. The lowest BCUT2D eigenvalue weighted by Gasteiger charge is -2.37. The van der Waals surface area contributed by atoms with Crippen molar-refractivity contribution in [3.63, 3.8) is 0 Å². The van der Waals surface area contributed by atoms with Crippen LogP contribution in [0.2, 0.25) is 0 Å². The number of aromatic nitrogens is 1. The van der Waals surface area contributed by atoms with Gasteiger partial charge in [0.1, 0.15) is 0 Å². The van der Waals surface area contributed by atoms with Crippen LogP contribution in [0.3, 0.4) is 0 Å². The van der Waals surface area contributed by atoms with Crippen LogP contribution in [-0.2, 0) is 6.42 Å². The molecule has 1 fully saturated rings.